The quantitative estimate of drug-likeness (QED) is 0.305. The first-order chi connectivity index (χ1) is 17.1. The molecule has 0 spiro atoms. The van der Waals surface area contributed by atoms with Crippen LogP contribution in [0.3, 0.4) is 0 Å². The van der Waals surface area contributed by atoms with Crippen LogP contribution < -0.4 is 5.32 Å². The van der Waals surface area contributed by atoms with Gasteiger partial charge in [0.05, 0.1) is 27.7 Å². The normalized spacial score (nSPS) is 11.4. The van der Waals surface area contributed by atoms with Crippen LogP contribution in [-0.4, -0.2) is 33.0 Å². The Labute approximate surface area is 219 Å². The van der Waals surface area contributed by atoms with Crippen LogP contribution >= 0.6 is 23.2 Å². The van der Waals surface area contributed by atoms with E-state index in [0.29, 0.717) is 21.6 Å². The molecule has 0 saturated heterocycles. The highest BCUT2D eigenvalue weighted by molar-refractivity contribution is 6.42. The Hall–Kier alpha value is -3.55. The molecular weight excluding hydrogens is 499 g/mol. The lowest BCUT2D eigenvalue weighted by atomic mass is 9.92. The topological polar surface area (TPSA) is 80.4 Å². The molecule has 0 atom stereocenters. The third-order valence-corrected chi connectivity index (χ3v) is 6.20. The lowest BCUT2D eigenvalue weighted by Gasteiger charge is -2.21. The van der Waals surface area contributed by atoms with E-state index in [1.165, 1.54) is 11.2 Å². The van der Waals surface area contributed by atoms with E-state index < -0.39 is 0 Å². The summed E-state index contributed by atoms with van der Waals surface area (Å²) >= 11 is 12.3. The first-order valence-corrected chi connectivity index (χ1v) is 12.1. The zero-order valence-electron chi connectivity index (χ0n) is 20.2. The van der Waals surface area contributed by atoms with Gasteiger partial charge in [-0.25, -0.2) is 4.68 Å². The average Bonchev–Trinajstić information content (AvgIpc) is 3.51. The fourth-order valence-electron chi connectivity index (χ4n) is 3.57. The standard InChI is InChI=1S/C27H26Cl2N4O3/c1-27(2,3)23-15-24(33(31-23)19-11-12-20(28)21(29)14-19)30-25(34)17-32(16-18-8-5-4-6-9-18)26(35)22-10-7-13-36-22/h4-15H,16-17H2,1-3H3,(H,30,34). The number of rotatable bonds is 7. The van der Waals surface area contributed by atoms with Crippen molar-refractivity contribution in [2.24, 2.45) is 0 Å². The minimum atomic E-state index is -0.382. The van der Waals surface area contributed by atoms with Gasteiger partial charge in [0.25, 0.3) is 5.91 Å². The van der Waals surface area contributed by atoms with Crippen LogP contribution in [-0.2, 0) is 16.8 Å². The Balaban J connectivity index is 1.62. The molecule has 0 fully saturated rings. The number of hydrogen-bond acceptors (Lipinski definition) is 4. The first kappa shape index (κ1) is 25.5. The van der Waals surface area contributed by atoms with E-state index in [-0.39, 0.29) is 36.1 Å². The lowest BCUT2D eigenvalue weighted by molar-refractivity contribution is -0.117. The third kappa shape index (κ3) is 5.98. The Kier molecular flexibility index (Phi) is 7.52. The maximum absolute atomic E-state index is 13.2. The Morgan fingerprint density at radius 2 is 1.75 bits per heavy atom. The molecule has 0 aliphatic heterocycles. The highest BCUT2D eigenvalue weighted by Crippen LogP contribution is 2.29. The van der Waals surface area contributed by atoms with Crippen LogP contribution in [0.5, 0.6) is 0 Å². The molecule has 9 heteroatoms. The van der Waals surface area contributed by atoms with Gasteiger partial charge in [0.2, 0.25) is 5.91 Å². The predicted molar refractivity (Wildman–Crippen MR) is 141 cm³/mol. The molecule has 36 heavy (non-hydrogen) atoms. The van der Waals surface area contributed by atoms with Crippen molar-refractivity contribution < 1.29 is 14.0 Å². The highest BCUT2D eigenvalue weighted by Gasteiger charge is 2.25. The van der Waals surface area contributed by atoms with Crippen molar-refractivity contribution in [3.8, 4) is 5.69 Å². The number of nitrogens with zero attached hydrogens (tertiary/aromatic N) is 3. The maximum Gasteiger partial charge on any atom is 0.290 e. The highest BCUT2D eigenvalue weighted by atomic mass is 35.5. The second-order valence-corrected chi connectivity index (χ2v) is 10.2. The van der Waals surface area contributed by atoms with E-state index in [9.17, 15) is 9.59 Å². The minimum Gasteiger partial charge on any atom is -0.459 e. The molecule has 186 valence electrons. The molecule has 1 N–H and O–H groups in total. The molecule has 2 aromatic carbocycles. The smallest absolute Gasteiger partial charge is 0.290 e. The molecule has 4 aromatic rings. The second-order valence-electron chi connectivity index (χ2n) is 9.35. The van der Waals surface area contributed by atoms with E-state index in [1.807, 2.05) is 57.2 Å². The number of nitrogens with one attached hydrogen (secondary N) is 1. The average molecular weight is 525 g/mol. The Morgan fingerprint density at radius 1 is 1.00 bits per heavy atom. The molecule has 0 aliphatic rings. The molecule has 7 nitrogen and oxygen atoms in total. The van der Waals surface area contributed by atoms with Gasteiger partial charge in [-0.15, -0.1) is 0 Å². The molecule has 2 heterocycles. The maximum atomic E-state index is 13.2. The fraction of sp³-hybridized carbons (Fsp3) is 0.222. The van der Waals surface area contributed by atoms with E-state index in [2.05, 4.69) is 5.32 Å². The molecule has 4 rings (SSSR count). The van der Waals surface area contributed by atoms with Gasteiger partial charge in [0.1, 0.15) is 12.4 Å². The number of carbonyl (C=O) groups excluding carboxylic acids is 2. The van der Waals surface area contributed by atoms with Crippen molar-refractivity contribution in [1.29, 1.82) is 0 Å². The summed E-state index contributed by atoms with van der Waals surface area (Å²) in [6, 6.07) is 19.6. The van der Waals surface area contributed by atoms with Crippen molar-refractivity contribution in [3.63, 3.8) is 0 Å². The number of aromatic nitrogens is 2. The summed E-state index contributed by atoms with van der Waals surface area (Å²) in [5.41, 5.74) is 2.04. The van der Waals surface area contributed by atoms with Crippen molar-refractivity contribution in [2.45, 2.75) is 32.7 Å². The van der Waals surface area contributed by atoms with Crippen LogP contribution in [0, 0.1) is 0 Å². The van der Waals surface area contributed by atoms with Gasteiger partial charge in [0, 0.05) is 18.0 Å². The van der Waals surface area contributed by atoms with Gasteiger partial charge < -0.3 is 14.6 Å². The molecule has 0 bridgehead atoms. The van der Waals surface area contributed by atoms with Gasteiger partial charge in [0.15, 0.2) is 5.76 Å². The van der Waals surface area contributed by atoms with Crippen molar-refractivity contribution in [1.82, 2.24) is 14.7 Å². The van der Waals surface area contributed by atoms with Crippen LogP contribution in [0.25, 0.3) is 5.69 Å². The summed E-state index contributed by atoms with van der Waals surface area (Å²) in [6.07, 6.45) is 1.43. The number of furan rings is 1. The zero-order chi connectivity index (χ0) is 25.9. The van der Waals surface area contributed by atoms with Crippen LogP contribution in [0.15, 0.2) is 77.4 Å². The summed E-state index contributed by atoms with van der Waals surface area (Å²) < 4.78 is 6.90. The summed E-state index contributed by atoms with van der Waals surface area (Å²) in [7, 11) is 0. The van der Waals surface area contributed by atoms with E-state index >= 15 is 0 Å². The Bertz CT molecular complexity index is 1360. The van der Waals surface area contributed by atoms with Crippen LogP contribution in [0.1, 0.15) is 42.6 Å². The number of amides is 2. The van der Waals surface area contributed by atoms with Gasteiger partial charge in [-0.3, -0.25) is 9.59 Å². The predicted octanol–water partition coefficient (Wildman–Crippen LogP) is 6.35. The molecule has 2 aromatic heterocycles. The summed E-state index contributed by atoms with van der Waals surface area (Å²) in [4.78, 5) is 27.8. The summed E-state index contributed by atoms with van der Waals surface area (Å²) in [5.74, 6) is -0.150. The van der Waals surface area contributed by atoms with E-state index in [0.717, 1.165) is 11.3 Å². The Morgan fingerprint density at radius 3 is 2.39 bits per heavy atom. The van der Waals surface area contributed by atoms with Crippen molar-refractivity contribution in [3.05, 3.63) is 100 Å². The van der Waals surface area contributed by atoms with Gasteiger partial charge in [-0.1, -0.05) is 74.3 Å². The molecule has 2 amide bonds. The number of anilines is 1. The summed E-state index contributed by atoms with van der Waals surface area (Å²) in [6.45, 7) is 6.15. The molecular formula is C27H26Cl2N4O3. The zero-order valence-corrected chi connectivity index (χ0v) is 21.7. The lowest BCUT2D eigenvalue weighted by Crippen LogP contribution is -2.37. The second kappa shape index (κ2) is 10.6. The molecule has 0 aliphatic carbocycles. The van der Waals surface area contributed by atoms with Crippen LogP contribution in [0.2, 0.25) is 10.0 Å². The monoisotopic (exact) mass is 524 g/mol. The van der Waals surface area contributed by atoms with Gasteiger partial charge in [-0.2, -0.15) is 5.10 Å². The molecule has 0 unspecified atom stereocenters. The van der Waals surface area contributed by atoms with E-state index in [1.54, 1.807) is 35.0 Å². The third-order valence-electron chi connectivity index (χ3n) is 5.46. The van der Waals surface area contributed by atoms with Crippen molar-refractivity contribution in [2.75, 3.05) is 11.9 Å². The van der Waals surface area contributed by atoms with Crippen LogP contribution in [0.4, 0.5) is 5.82 Å². The van der Waals surface area contributed by atoms with E-state index in [4.69, 9.17) is 32.7 Å². The number of benzene rings is 2. The first-order valence-electron chi connectivity index (χ1n) is 11.3. The number of hydrogen-bond donors (Lipinski definition) is 1. The van der Waals surface area contributed by atoms with Crippen molar-refractivity contribution >= 4 is 40.8 Å². The number of halogens is 2. The van der Waals surface area contributed by atoms with Gasteiger partial charge >= 0.3 is 0 Å². The number of carbonyl (C=O) groups is 2. The largest absolute Gasteiger partial charge is 0.459 e. The molecule has 0 saturated carbocycles. The summed E-state index contributed by atoms with van der Waals surface area (Å²) in [5, 5.41) is 8.41. The molecule has 0 radical (unpaired) electrons. The minimum absolute atomic E-state index is 0.162. The fourth-order valence-corrected chi connectivity index (χ4v) is 3.86. The van der Waals surface area contributed by atoms with Gasteiger partial charge in [-0.05, 0) is 35.9 Å². The SMILES string of the molecule is CC(C)(C)c1cc(NC(=O)CN(Cc2ccccc2)C(=O)c2ccco2)n(-c2ccc(Cl)c(Cl)c2)n1.